The number of rotatable bonds is 2. The summed E-state index contributed by atoms with van der Waals surface area (Å²) in [5.74, 6) is 0.973. The molecule has 0 bridgehead atoms. The van der Waals surface area contributed by atoms with Gasteiger partial charge in [-0.15, -0.1) is 11.4 Å². The zero-order chi connectivity index (χ0) is 28.7. The smallest absolute Gasteiger partial charge is 0.659 e. The molecule has 0 radical (unpaired) electrons. The molecule has 1 heterocycles. The van der Waals surface area contributed by atoms with Crippen molar-refractivity contribution in [3.8, 4) is 0 Å². The second-order valence-electron chi connectivity index (χ2n) is 12.4. The summed E-state index contributed by atoms with van der Waals surface area (Å²) in [4.78, 5) is 9.59. The van der Waals surface area contributed by atoms with Crippen molar-refractivity contribution in [2.75, 3.05) is 0 Å². The van der Waals surface area contributed by atoms with Crippen LogP contribution in [0, 0.1) is 11.8 Å². The maximum Gasteiger partial charge on any atom is 2.00 e. The quantitative estimate of drug-likeness (QED) is 0.276. The topological polar surface area (TPSA) is 52.9 Å². The maximum atomic E-state index is 5.07. The molecule has 4 nitrogen and oxygen atoms in total. The van der Waals surface area contributed by atoms with Crippen LogP contribution in [0.4, 0.5) is 22.7 Å². The van der Waals surface area contributed by atoms with Gasteiger partial charge < -0.3 is 10.6 Å². The van der Waals surface area contributed by atoms with Crippen LogP contribution in [-0.2, 0) is 50.6 Å². The second kappa shape index (κ2) is 22.8. The van der Waals surface area contributed by atoms with Crippen LogP contribution < -0.4 is 0 Å². The fraction of sp³-hybridized carbons (Fsp3) is 0.526. The minimum atomic E-state index is 0. The van der Waals surface area contributed by atoms with E-state index in [4.69, 9.17) is 20.6 Å². The molecular formula is C38H50Fe2N4Ni+4. The SMILES string of the molecule is C1=Nc2ccccc2[N-]/C(C2CCCC2)=C\C=Nc2ccccc2[N-]/C(C2CCCC2)=C\1.C1CCCC1.C1CCCC1.[Fe+2].[Fe+2].[Ni+2]. The number of fused-ring (bicyclic) bond motifs is 2. The van der Waals surface area contributed by atoms with Crippen molar-refractivity contribution in [3.05, 3.63) is 82.7 Å². The van der Waals surface area contributed by atoms with Gasteiger partial charge in [0.1, 0.15) is 0 Å². The predicted molar refractivity (Wildman–Crippen MR) is 181 cm³/mol. The van der Waals surface area contributed by atoms with Crippen LogP contribution in [0.15, 0.2) is 82.1 Å². The molecule has 0 unspecified atom stereocenters. The molecule has 1 aliphatic heterocycles. The van der Waals surface area contributed by atoms with E-state index in [1.54, 1.807) is 0 Å². The van der Waals surface area contributed by atoms with Crippen LogP contribution in [-0.4, -0.2) is 12.4 Å². The van der Waals surface area contributed by atoms with E-state index in [-0.39, 0.29) is 50.6 Å². The van der Waals surface area contributed by atoms with Crippen LogP contribution >= 0.6 is 0 Å². The van der Waals surface area contributed by atoms with E-state index < -0.39 is 0 Å². The molecule has 0 spiro atoms. The molecular weight excluding hydrogens is 683 g/mol. The fourth-order valence-electron chi connectivity index (χ4n) is 6.74. The van der Waals surface area contributed by atoms with Gasteiger partial charge in [-0.3, -0.25) is 9.98 Å². The van der Waals surface area contributed by atoms with Gasteiger partial charge in [-0.2, -0.15) is 11.4 Å². The van der Waals surface area contributed by atoms with Crippen LogP contribution in [0.5, 0.6) is 0 Å². The summed E-state index contributed by atoms with van der Waals surface area (Å²) in [6.45, 7) is 0. The number of benzene rings is 2. The number of aliphatic imine (C=N–C) groups is 2. The molecule has 0 saturated heterocycles. The third-order valence-corrected chi connectivity index (χ3v) is 9.23. The molecule has 0 amide bonds. The van der Waals surface area contributed by atoms with E-state index in [2.05, 4.69) is 24.3 Å². The molecule has 7 rings (SSSR count). The molecule has 4 saturated carbocycles. The normalized spacial score (nSPS) is 21.8. The zero-order valence-electron chi connectivity index (χ0n) is 26.6. The van der Waals surface area contributed by atoms with Gasteiger partial charge in [0, 0.05) is 23.8 Å². The Morgan fingerprint density at radius 2 is 0.756 bits per heavy atom. The Balaban J connectivity index is 0.000000463. The van der Waals surface area contributed by atoms with Gasteiger partial charge in [-0.05, 0) is 49.7 Å². The van der Waals surface area contributed by atoms with Crippen LogP contribution in [0.3, 0.4) is 0 Å². The Kier molecular flexibility index (Phi) is 20.1. The summed E-state index contributed by atoms with van der Waals surface area (Å²) in [6.07, 6.45) is 32.8. The number of nitrogens with zero attached hydrogens (tertiary/aromatic N) is 4. The average Bonchev–Trinajstić information content (AvgIpc) is 3.87. The molecule has 0 N–H and O–H groups in total. The fourth-order valence-corrected chi connectivity index (χ4v) is 6.74. The molecule has 5 aliphatic rings. The molecule has 4 aliphatic carbocycles. The molecule has 2 aromatic carbocycles. The first-order chi connectivity index (χ1) is 20.9. The van der Waals surface area contributed by atoms with Gasteiger partial charge in [-0.25, -0.2) is 0 Å². The molecule has 7 heteroatoms. The predicted octanol–water partition coefficient (Wildman–Crippen LogP) is 12.9. The van der Waals surface area contributed by atoms with E-state index in [9.17, 15) is 0 Å². The van der Waals surface area contributed by atoms with Crippen molar-refractivity contribution >= 4 is 35.2 Å². The van der Waals surface area contributed by atoms with E-state index in [1.807, 2.05) is 48.8 Å². The van der Waals surface area contributed by atoms with Gasteiger partial charge >= 0.3 is 50.6 Å². The van der Waals surface area contributed by atoms with Crippen molar-refractivity contribution in [2.45, 2.75) is 116 Å². The van der Waals surface area contributed by atoms with Crippen molar-refractivity contribution in [3.63, 3.8) is 0 Å². The van der Waals surface area contributed by atoms with Crippen LogP contribution in [0.2, 0.25) is 0 Å². The van der Waals surface area contributed by atoms with Gasteiger partial charge in [-0.1, -0.05) is 138 Å². The number of para-hydroxylation sites is 4. The van der Waals surface area contributed by atoms with Gasteiger partial charge in [0.2, 0.25) is 0 Å². The van der Waals surface area contributed by atoms with Crippen molar-refractivity contribution in [2.24, 2.45) is 21.8 Å². The number of hydrogen-bond donors (Lipinski definition) is 0. The van der Waals surface area contributed by atoms with Crippen molar-refractivity contribution in [1.82, 2.24) is 0 Å². The first kappa shape index (κ1) is 39.6. The first-order valence-corrected chi connectivity index (χ1v) is 17.0. The van der Waals surface area contributed by atoms with Crippen LogP contribution in [0.1, 0.15) is 116 Å². The van der Waals surface area contributed by atoms with Crippen molar-refractivity contribution in [1.29, 1.82) is 0 Å². The third kappa shape index (κ3) is 13.2. The molecule has 0 aromatic heterocycles. The number of hydrogen-bond acceptors (Lipinski definition) is 2. The Hall–Kier alpha value is -1.61. The minimum Gasteiger partial charge on any atom is -0.659 e. The Morgan fingerprint density at radius 3 is 1.09 bits per heavy atom. The Labute approximate surface area is 304 Å². The van der Waals surface area contributed by atoms with Gasteiger partial charge in [0.05, 0.1) is 0 Å². The summed E-state index contributed by atoms with van der Waals surface area (Å²) >= 11 is 0. The summed E-state index contributed by atoms with van der Waals surface area (Å²) < 4.78 is 0. The molecule has 2 aromatic rings. The maximum absolute atomic E-state index is 5.07. The molecule has 45 heavy (non-hydrogen) atoms. The second-order valence-corrected chi connectivity index (χ2v) is 12.4. The largest absolute Gasteiger partial charge is 2.00 e. The standard InChI is InChI=1S/C28H30N4.2C5H10.2Fe.Ni/c1-2-10-21(9-1)23-17-19-29-26-14-6-8-16-28(26)32-24(22-11-3-4-12-22)18-20-30-25-13-5-7-15-27(25)31-23;2*1-2-4-5-3-1;;;/h5-8,13-22H,1-4,9-12H2;2*1-5H2;;;/q-2;;;3*+2/b23-17-,24-18-,29-19?,30-20?;;;;;. The minimum absolute atomic E-state index is 0. The Bertz CT molecular complexity index is 1110. The summed E-state index contributed by atoms with van der Waals surface area (Å²) in [6, 6.07) is 16.3. The van der Waals surface area contributed by atoms with E-state index in [1.165, 1.54) is 116 Å². The molecule has 244 valence electrons. The van der Waals surface area contributed by atoms with Gasteiger partial charge in [0.25, 0.3) is 0 Å². The van der Waals surface area contributed by atoms with Gasteiger partial charge in [0.15, 0.2) is 0 Å². The first-order valence-electron chi connectivity index (χ1n) is 17.0. The zero-order valence-corrected chi connectivity index (χ0v) is 29.8. The van der Waals surface area contributed by atoms with E-state index >= 15 is 0 Å². The molecule has 0 atom stereocenters. The average molecular weight is 733 g/mol. The Morgan fingerprint density at radius 1 is 0.444 bits per heavy atom. The third-order valence-electron chi connectivity index (χ3n) is 9.23. The molecule has 4 fully saturated rings. The van der Waals surface area contributed by atoms with Crippen LogP contribution in [0.25, 0.3) is 10.6 Å². The van der Waals surface area contributed by atoms with E-state index in [0.717, 1.165) is 34.1 Å². The van der Waals surface area contributed by atoms with E-state index in [0.29, 0.717) is 11.8 Å². The van der Waals surface area contributed by atoms with Crippen molar-refractivity contribution < 1.29 is 50.6 Å². The summed E-state index contributed by atoms with van der Waals surface area (Å²) in [5.41, 5.74) is 5.83. The monoisotopic (exact) mass is 732 g/mol. The summed E-state index contributed by atoms with van der Waals surface area (Å²) in [7, 11) is 0. The number of allylic oxidation sites excluding steroid dienone is 4. The summed E-state index contributed by atoms with van der Waals surface area (Å²) in [5, 5.41) is 10.1.